The predicted molar refractivity (Wildman–Crippen MR) is 163 cm³/mol. The van der Waals surface area contributed by atoms with Gasteiger partial charge in [0.15, 0.2) is 0 Å². The Morgan fingerprint density at radius 3 is 2.19 bits per heavy atom. The van der Waals surface area contributed by atoms with Crippen LogP contribution in [0.15, 0.2) is 78.9 Å². The van der Waals surface area contributed by atoms with Crippen molar-refractivity contribution in [2.24, 2.45) is 0 Å². The maximum absolute atomic E-state index is 13.6. The number of carbonyl (C=O) groups excluding carboxylic acids is 1. The number of ether oxygens (including phenoxy) is 2. The van der Waals surface area contributed by atoms with Crippen molar-refractivity contribution in [1.29, 1.82) is 0 Å². The summed E-state index contributed by atoms with van der Waals surface area (Å²) in [6, 6.07) is 24.3. The lowest BCUT2D eigenvalue weighted by Gasteiger charge is -2.29. The smallest absolute Gasteiger partial charge is 0.417 e. The van der Waals surface area contributed by atoms with Crippen molar-refractivity contribution in [3.63, 3.8) is 0 Å². The first-order valence-electron chi connectivity index (χ1n) is 14.7. The molecule has 0 radical (unpaired) electrons. The summed E-state index contributed by atoms with van der Waals surface area (Å²) < 4.78 is 52.5. The number of hydrogen-bond donors (Lipinski definition) is 0. The van der Waals surface area contributed by atoms with E-state index in [1.165, 1.54) is 6.07 Å². The normalized spacial score (nSPS) is 15.8. The van der Waals surface area contributed by atoms with E-state index in [-0.39, 0.29) is 29.7 Å². The molecule has 3 aromatic rings. The second kappa shape index (κ2) is 14.6. The number of carbonyl (C=O) groups is 1. The molecule has 1 aliphatic heterocycles. The Hall–Kier alpha value is -3.07. The van der Waals surface area contributed by atoms with E-state index in [0.717, 1.165) is 23.6 Å². The lowest BCUT2D eigenvalue weighted by atomic mass is 9.90. The average molecular weight is 617 g/mol. The van der Waals surface area contributed by atoms with Crippen LogP contribution in [0.25, 0.3) is 0 Å². The third-order valence-electron chi connectivity index (χ3n) is 7.39. The molecule has 1 heterocycles. The molecular formula is C34H40ClF3N2O3. The van der Waals surface area contributed by atoms with Crippen LogP contribution in [-0.4, -0.2) is 60.4 Å². The maximum atomic E-state index is 13.6. The molecule has 232 valence electrons. The van der Waals surface area contributed by atoms with Crippen molar-refractivity contribution in [1.82, 2.24) is 9.80 Å². The van der Waals surface area contributed by atoms with Crippen molar-refractivity contribution >= 4 is 17.7 Å². The van der Waals surface area contributed by atoms with Gasteiger partial charge in [-0.1, -0.05) is 84.4 Å². The monoisotopic (exact) mass is 616 g/mol. The van der Waals surface area contributed by atoms with Gasteiger partial charge in [-0.15, -0.1) is 0 Å². The molecule has 1 saturated heterocycles. The van der Waals surface area contributed by atoms with Gasteiger partial charge in [-0.3, -0.25) is 4.90 Å². The Balaban J connectivity index is 1.46. The lowest BCUT2D eigenvalue weighted by molar-refractivity contribution is -0.137. The Labute approximate surface area is 257 Å². The minimum absolute atomic E-state index is 0.00473. The summed E-state index contributed by atoms with van der Waals surface area (Å²) in [5.41, 5.74) is 1.30. The van der Waals surface area contributed by atoms with Crippen LogP contribution in [-0.2, 0) is 22.2 Å². The zero-order valence-corrected chi connectivity index (χ0v) is 25.7. The van der Waals surface area contributed by atoms with Crippen LogP contribution in [0.4, 0.5) is 18.0 Å². The number of likely N-dealkylation sites (tertiary alicyclic amines) is 1. The van der Waals surface area contributed by atoms with E-state index in [1.54, 1.807) is 11.0 Å². The van der Waals surface area contributed by atoms with Gasteiger partial charge in [0.25, 0.3) is 0 Å². The maximum Gasteiger partial charge on any atom is 0.417 e. The minimum Gasteiger partial charge on any atom is -0.444 e. The number of amides is 1. The van der Waals surface area contributed by atoms with E-state index < -0.39 is 17.3 Å². The second-order valence-electron chi connectivity index (χ2n) is 11.9. The van der Waals surface area contributed by atoms with Gasteiger partial charge in [0.2, 0.25) is 0 Å². The summed E-state index contributed by atoms with van der Waals surface area (Å²) in [5, 5.41) is -0.264. The first-order chi connectivity index (χ1) is 20.4. The van der Waals surface area contributed by atoms with E-state index >= 15 is 0 Å². The van der Waals surface area contributed by atoms with E-state index in [1.807, 2.05) is 57.2 Å². The molecule has 0 aromatic heterocycles. The first kappa shape index (κ1) is 32.8. The number of hydrogen-bond acceptors (Lipinski definition) is 4. The second-order valence-corrected chi connectivity index (χ2v) is 12.3. The highest BCUT2D eigenvalue weighted by Gasteiger charge is 2.34. The van der Waals surface area contributed by atoms with Gasteiger partial charge >= 0.3 is 12.3 Å². The van der Waals surface area contributed by atoms with Crippen molar-refractivity contribution in [2.45, 2.75) is 64.0 Å². The van der Waals surface area contributed by atoms with Crippen LogP contribution in [0, 0.1) is 0 Å². The van der Waals surface area contributed by atoms with E-state index in [4.69, 9.17) is 21.1 Å². The van der Waals surface area contributed by atoms with E-state index in [2.05, 4.69) is 29.2 Å². The van der Waals surface area contributed by atoms with Crippen LogP contribution in [0.1, 0.15) is 61.8 Å². The summed E-state index contributed by atoms with van der Waals surface area (Å²) in [6.07, 6.45) is -3.56. The molecule has 0 N–H and O–H groups in total. The molecule has 4 rings (SSSR count). The molecule has 1 unspecified atom stereocenters. The van der Waals surface area contributed by atoms with Crippen molar-refractivity contribution < 1.29 is 27.4 Å². The molecule has 1 aliphatic rings. The molecular weight excluding hydrogens is 577 g/mol. The Morgan fingerprint density at radius 1 is 0.977 bits per heavy atom. The molecule has 0 spiro atoms. The van der Waals surface area contributed by atoms with Gasteiger partial charge in [0, 0.05) is 38.7 Å². The molecule has 9 heteroatoms. The Morgan fingerprint density at radius 2 is 1.60 bits per heavy atom. The Kier molecular flexibility index (Phi) is 11.2. The number of halogens is 4. The third kappa shape index (κ3) is 9.71. The van der Waals surface area contributed by atoms with Gasteiger partial charge in [-0.05, 0) is 56.4 Å². The van der Waals surface area contributed by atoms with E-state index in [9.17, 15) is 18.0 Å². The molecule has 43 heavy (non-hydrogen) atoms. The van der Waals surface area contributed by atoms with Crippen molar-refractivity contribution in [3.8, 4) is 0 Å². The quantitative estimate of drug-likeness (QED) is 0.203. The number of benzene rings is 3. The largest absolute Gasteiger partial charge is 0.444 e. The molecule has 0 aliphatic carbocycles. The van der Waals surface area contributed by atoms with Gasteiger partial charge in [-0.25, -0.2) is 4.79 Å². The summed E-state index contributed by atoms with van der Waals surface area (Å²) in [7, 11) is 0. The molecule has 1 amide bonds. The van der Waals surface area contributed by atoms with Crippen LogP contribution >= 0.6 is 11.6 Å². The topological polar surface area (TPSA) is 42.0 Å². The Bertz CT molecular complexity index is 1280. The summed E-state index contributed by atoms with van der Waals surface area (Å²) in [4.78, 5) is 16.2. The highest BCUT2D eigenvalue weighted by Crippen LogP contribution is 2.37. The van der Waals surface area contributed by atoms with E-state index in [0.29, 0.717) is 44.8 Å². The van der Waals surface area contributed by atoms with Crippen molar-refractivity contribution in [2.75, 3.05) is 32.8 Å². The molecule has 0 bridgehead atoms. The SMILES string of the molecule is CC(C)(C)OC(=O)N1CCC(OCCCN(Cc2cccc(C(F)(F)F)c2Cl)CC(c2ccccc2)c2ccccc2)C1. The number of rotatable bonds is 11. The molecule has 1 atom stereocenters. The van der Waals surface area contributed by atoms with Crippen LogP contribution < -0.4 is 0 Å². The summed E-state index contributed by atoms with van der Waals surface area (Å²) in [5.74, 6) is 0.00473. The predicted octanol–water partition coefficient (Wildman–Crippen LogP) is 8.41. The fourth-order valence-electron chi connectivity index (χ4n) is 5.32. The first-order valence-corrected chi connectivity index (χ1v) is 15.0. The zero-order valence-electron chi connectivity index (χ0n) is 24.9. The van der Waals surface area contributed by atoms with Gasteiger partial charge < -0.3 is 14.4 Å². The van der Waals surface area contributed by atoms with Gasteiger partial charge in [0.1, 0.15) is 5.60 Å². The number of alkyl halides is 3. The van der Waals surface area contributed by atoms with Crippen LogP contribution in [0.5, 0.6) is 0 Å². The van der Waals surface area contributed by atoms with Crippen LogP contribution in [0.3, 0.4) is 0 Å². The fraction of sp³-hybridized carbons (Fsp3) is 0.441. The molecule has 0 saturated carbocycles. The van der Waals surface area contributed by atoms with Gasteiger partial charge in [0.05, 0.1) is 23.2 Å². The highest BCUT2D eigenvalue weighted by atomic mass is 35.5. The number of nitrogens with zero attached hydrogens (tertiary/aromatic N) is 2. The fourth-order valence-corrected chi connectivity index (χ4v) is 5.62. The molecule has 1 fully saturated rings. The summed E-state index contributed by atoms with van der Waals surface area (Å²) in [6.45, 7) is 8.46. The minimum atomic E-state index is -4.53. The lowest BCUT2D eigenvalue weighted by Crippen LogP contribution is -2.36. The third-order valence-corrected chi connectivity index (χ3v) is 7.84. The molecule has 5 nitrogen and oxygen atoms in total. The van der Waals surface area contributed by atoms with Gasteiger partial charge in [-0.2, -0.15) is 13.2 Å². The zero-order chi connectivity index (χ0) is 31.0. The molecule has 3 aromatic carbocycles. The van der Waals surface area contributed by atoms with Crippen LogP contribution in [0.2, 0.25) is 5.02 Å². The van der Waals surface area contributed by atoms with Crippen molar-refractivity contribution in [3.05, 3.63) is 106 Å². The summed E-state index contributed by atoms with van der Waals surface area (Å²) >= 11 is 6.32. The highest BCUT2D eigenvalue weighted by molar-refractivity contribution is 6.32. The average Bonchev–Trinajstić information content (AvgIpc) is 3.43. The standard InChI is InChI=1S/C34H40ClF3N2O3/c1-33(2,3)43-32(41)40-20-18-28(23-40)42-21-11-19-39(22-27-16-10-17-30(31(27)35)34(36,37)38)24-29(25-12-6-4-7-13-25)26-14-8-5-9-15-26/h4-10,12-17,28-29H,11,18-24H2,1-3H3.